The van der Waals surface area contributed by atoms with E-state index in [0.29, 0.717) is 0 Å². The Balaban J connectivity index is 1.86. The Morgan fingerprint density at radius 3 is 2.41 bits per heavy atom. The zero-order chi connectivity index (χ0) is 19.8. The molecule has 0 aliphatic carbocycles. The van der Waals surface area contributed by atoms with E-state index in [4.69, 9.17) is 0 Å². The van der Waals surface area contributed by atoms with Crippen molar-refractivity contribution in [3.63, 3.8) is 0 Å². The van der Waals surface area contributed by atoms with Crippen molar-refractivity contribution in [2.45, 2.75) is 53.0 Å². The van der Waals surface area contributed by atoms with Gasteiger partial charge < -0.3 is 10.2 Å². The minimum Gasteiger partial charge on any atom is -0.325 e. The lowest BCUT2D eigenvalue weighted by Crippen LogP contribution is -2.49. The van der Waals surface area contributed by atoms with E-state index >= 15 is 0 Å². The predicted molar refractivity (Wildman–Crippen MR) is 110 cm³/mol. The number of fused-ring (bicyclic) bond motifs is 1. The molecule has 1 heterocycles. The molecule has 4 heteroatoms. The molecule has 3 rings (SSSR count). The van der Waals surface area contributed by atoms with Crippen LogP contribution < -0.4 is 10.2 Å². The molecule has 0 radical (unpaired) electrons. The molecule has 2 aromatic carbocycles. The van der Waals surface area contributed by atoms with Crippen LogP contribution in [0.3, 0.4) is 0 Å². The summed E-state index contributed by atoms with van der Waals surface area (Å²) in [7, 11) is 0. The SMILES string of the molecule is CC(C)c1ccccc1NC(=O)C(C)(C)C(=O)N1c2ccccc2CC1C. The molecule has 0 fully saturated rings. The lowest BCUT2D eigenvalue weighted by Gasteiger charge is -2.31. The van der Waals surface area contributed by atoms with E-state index in [2.05, 4.69) is 19.2 Å². The molecule has 1 aliphatic rings. The molecule has 0 spiro atoms. The molecule has 0 aromatic heterocycles. The fourth-order valence-corrected chi connectivity index (χ4v) is 3.67. The second-order valence-electron chi connectivity index (χ2n) is 8.18. The lowest BCUT2D eigenvalue weighted by atomic mass is 9.89. The summed E-state index contributed by atoms with van der Waals surface area (Å²) in [5, 5.41) is 2.99. The number of rotatable bonds is 4. The van der Waals surface area contributed by atoms with E-state index in [1.54, 1.807) is 18.7 Å². The van der Waals surface area contributed by atoms with Gasteiger partial charge in [0.1, 0.15) is 5.41 Å². The number of anilines is 2. The third kappa shape index (κ3) is 3.48. The number of benzene rings is 2. The second kappa shape index (κ2) is 7.18. The summed E-state index contributed by atoms with van der Waals surface area (Å²) < 4.78 is 0. The molecule has 1 unspecified atom stereocenters. The van der Waals surface area contributed by atoms with E-state index in [-0.39, 0.29) is 23.8 Å². The normalized spacial score (nSPS) is 16.4. The molecule has 2 aromatic rings. The van der Waals surface area contributed by atoms with Gasteiger partial charge in [0.2, 0.25) is 11.8 Å². The van der Waals surface area contributed by atoms with E-state index in [1.807, 2.05) is 55.5 Å². The second-order valence-corrected chi connectivity index (χ2v) is 8.18. The molecule has 0 saturated heterocycles. The summed E-state index contributed by atoms with van der Waals surface area (Å²) in [6.45, 7) is 9.61. The molecule has 1 aliphatic heterocycles. The Hall–Kier alpha value is -2.62. The average molecular weight is 364 g/mol. The predicted octanol–water partition coefficient (Wildman–Crippen LogP) is 4.75. The van der Waals surface area contributed by atoms with Crippen LogP contribution in [-0.4, -0.2) is 17.9 Å². The Kier molecular flexibility index (Phi) is 5.09. The van der Waals surface area contributed by atoms with Crippen LogP contribution in [-0.2, 0) is 16.0 Å². The van der Waals surface area contributed by atoms with Crippen molar-refractivity contribution in [3.8, 4) is 0 Å². The number of nitrogens with zero attached hydrogens (tertiary/aromatic N) is 1. The zero-order valence-electron chi connectivity index (χ0n) is 16.7. The van der Waals surface area contributed by atoms with Crippen LogP contribution in [0, 0.1) is 5.41 Å². The van der Waals surface area contributed by atoms with Gasteiger partial charge in [-0.15, -0.1) is 0 Å². The van der Waals surface area contributed by atoms with E-state index in [1.165, 1.54) is 0 Å². The molecule has 0 saturated carbocycles. The minimum absolute atomic E-state index is 0.0462. The number of carbonyl (C=O) groups excluding carboxylic acids is 2. The first-order valence-corrected chi connectivity index (χ1v) is 9.55. The van der Waals surface area contributed by atoms with Crippen LogP contribution in [0.25, 0.3) is 0 Å². The molecule has 0 bridgehead atoms. The third-order valence-corrected chi connectivity index (χ3v) is 5.36. The highest BCUT2D eigenvalue weighted by atomic mass is 16.2. The summed E-state index contributed by atoms with van der Waals surface area (Å²) in [4.78, 5) is 28.2. The van der Waals surface area contributed by atoms with Gasteiger partial charge in [0, 0.05) is 17.4 Å². The minimum atomic E-state index is -1.17. The Morgan fingerprint density at radius 1 is 1.07 bits per heavy atom. The number of nitrogens with one attached hydrogen (secondary N) is 1. The highest BCUT2D eigenvalue weighted by molar-refractivity contribution is 6.15. The first-order chi connectivity index (χ1) is 12.7. The quantitative estimate of drug-likeness (QED) is 0.796. The summed E-state index contributed by atoms with van der Waals surface area (Å²) in [6.07, 6.45) is 0.815. The topological polar surface area (TPSA) is 49.4 Å². The number of carbonyl (C=O) groups is 2. The average Bonchev–Trinajstić information content (AvgIpc) is 2.96. The van der Waals surface area contributed by atoms with Crippen LogP contribution in [0.4, 0.5) is 11.4 Å². The number of hydrogen-bond acceptors (Lipinski definition) is 2. The van der Waals surface area contributed by atoms with E-state index < -0.39 is 5.41 Å². The Labute approximate surface area is 161 Å². The van der Waals surface area contributed by atoms with E-state index in [9.17, 15) is 9.59 Å². The van der Waals surface area contributed by atoms with E-state index in [0.717, 1.165) is 28.9 Å². The van der Waals surface area contributed by atoms with Crippen molar-refractivity contribution in [2.75, 3.05) is 10.2 Å². The lowest BCUT2D eigenvalue weighted by molar-refractivity contribution is -0.136. The van der Waals surface area contributed by atoms with Crippen molar-refractivity contribution in [1.82, 2.24) is 0 Å². The molecule has 1 atom stereocenters. The molecule has 4 nitrogen and oxygen atoms in total. The van der Waals surface area contributed by atoms with Crippen molar-refractivity contribution in [1.29, 1.82) is 0 Å². The molecule has 27 heavy (non-hydrogen) atoms. The summed E-state index contributed by atoms with van der Waals surface area (Å²) in [5.74, 6) is -0.164. The standard InChI is InChI=1S/C23H28N2O2/c1-15(2)18-11-7-8-12-19(18)24-21(26)23(4,5)22(27)25-16(3)14-17-10-6-9-13-20(17)25/h6-13,15-16H,14H2,1-5H3,(H,24,26). The van der Waals surface area contributed by atoms with Gasteiger partial charge in [0.05, 0.1) is 0 Å². The smallest absolute Gasteiger partial charge is 0.242 e. The summed E-state index contributed by atoms with van der Waals surface area (Å²) in [5.41, 5.74) is 2.73. The van der Waals surface area contributed by atoms with Crippen LogP contribution in [0.1, 0.15) is 51.7 Å². The largest absolute Gasteiger partial charge is 0.325 e. The van der Waals surface area contributed by atoms with Crippen LogP contribution in [0.5, 0.6) is 0 Å². The summed E-state index contributed by atoms with van der Waals surface area (Å²) >= 11 is 0. The van der Waals surface area contributed by atoms with Gasteiger partial charge >= 0.3 is 0 Å². The van der Waals surface area contributed by atoms with Crippen LogP contribution in [0.15, 0.2) is 48.5 Å². The monoisotopic (exact) mass is 364 g/mol. The first-order valence-electron chi connectivity index (χ1n) is 9.55. The van der Waals surface area contributed by atoms with Crippen molar-refractivity contribution in [3.05, 3.63) is 59.7 Å². The maximum absolute atomic E-state index is 13.4. The van der Waals surface area contributed by atoms with Crippen molar-refractivity contribution < 1.29 is 9.59 Å². The van der Waals surface area contributed by atoms with Crippen LogP contribution in [0.2, 0.25) is 0 Å². The Bertz CT molecular complexity index is 870. The number of para-hydroxylation sites is 2. The van der Waals surface area contributed by atoms with Gasteiger partial charge in [0.25, 0.3) is 0 Å². The van der Waals surface area contributed by atoms with Gasteiger partial charge in [-0.2, -0.15) is 0 Å². The summed E-state index contributed by atoms with van der Waals surface area (Å²) in [6, 6.07) is 15.7. The van der Waals surface area contributed by atoms with Crippen LogP contribution >= 0.6 is 0 Å². The number of amides is 2. The highest BCUT2D eigenvalue weighted by Gasteiger charge is 2.43. The fourth-order valence-electron chi connectivity index (χ4n) is 3.67. The maximum Gasteiger partial charge on any atom is 0.242 e. The maximum atomic E-state index is 13.4. The highest BCUT2D eigenvalue weighted by Crippen LogP contribution is 2.36. The number of hydrogen-bond donors (Lipinski definition) is 1. The zero-order valence-corrected chi connectivity index (χ0v) is 16.7. The molecular weight excluding hydrogens is 336 g/mol. The Morgan fingerprint density at radius 2 is 1.70 bits per heavy atom. The first kappa shape index (κ1) is 19.2. The molecular formula is C23H28N2O2. The van der Waals surface area contributed by atoms with Gasteiger partial charge in [-0.05, 0) is 56.4 Å². The van der Waals surface area contributed by atoms with Crippen molar-refractivity contribution in [2.24, 2.45) is 5.41 Å². The van der Waals surface area contributed by atoms with Gasteiger partial charge in [-0.1, -0.05) is 50.2 Å². The van der Waals surface area contributed by atoms with Gasteiger partial charge in [-0.3, -0.25) is 9.59 Å². The third-order valence-electron chi connectivity index (χ3n) is 5.36. The van der Waals surface area contributed by atoms with Crippen molar-refractivity contribution >= 4 is 23.2 Å². The van der Waals surface area contributed by atoms with Gasteiger partial charge in [0.15, 0.2) is 0 Å². The molecule has 2 amide bonds. The fraction of sp³-hybridized carbons (Fsp3) is 0.391. The molecule has 1 N–H and O–H groups in total. The van der Waals surface area contributed by atoms with Gasteiger partial charge in [-0.25, -0.2) is 0 Å². The molecule has 142 valence electrons.